The Morgan fingerprint density at radius 1 is 1.50 bits per heavy atom. The van der Waals surface area contributed by atoms with Crippen molar-refractivity contribution in [1.29, 1.82) is 0 Å². The van der Waals surface area contributed by atoms with Gasteiger partial charge in [0.05, 0.1) is 10.9 Å². The highest BCUT2D eigenvalue weighted by atomic mass is 32.2. The van der Waals surface area contributed by atoms with E-state index in [4.69, 9.17) is 10.5 Å². The van der Waals surface area contributed by atoms with Crippen molar-refractivity contribution < 1.29 is 9.53 Å². The highest BCUT2D eigenvalue weighted by molar-refractivity contribution is 8.00. The highest BCUT2D eigenvalue weighted by Crippen LogP contribution is 2.47. The van der Waals surface area contributed by atoms with Crippen LogP contribution in [0.3, 0.4) is 0 Å². The molecule has 1 atom stereocenters. The molecule has 0 spiro atoms. The molecule has 86 valence electrons. The van der Waals surface area contributed by atoms with E-state index in [0.29, 0.717) is 5.56 Å². The van der Waals surface area contributed by atoms with Crippen LogP contribution in [0.2, 0.25) is 0 Å². The zero-order valence-corrected chi connectivity index (χ0v) is 10.4. The topological polar surface area (TPSA) is 52.3 Å². The lowest BCUT2D eigenvalue weighted by atomic mass is 10.1. The number of nitrogens with two attached hydrogens (primary N) is 1. The molecule has 1 heterocycles. The minimum atomic E-state index is -0.472. The van der Waals surface area contributed by atoms with E-state index in [9.17, 15) is 4.79 Å². The van der Waals surface area contributed by atoms with E-state index >= 15 is 0 Å². The van der Waals surface area contributed by atoms with Gasteiger partial charge in [-0.1, -0.05) is 11.8 Å². The maximum atomic E-state index is 11.7. The molecule has 1 unspecified atom stereocenters. The van der Waals surface area contributed by atoms with E-state index in [1.165, 1.54) is 0 Å². The average Bonchev–Trinajstić information content (AvgIpc) is 2.48. The lowest BCUT2D eigenvalue weighted by Gasteiger charge is -2.15. The second-order valence-electron chi connectivity index (χ2n) is 4.42. The molecule has 1 aromatic carbocycles. The summed E-state index contributed by atoms with van der Waals surface area (Å²) in [5.74, 6) is 0.725. The summed E-state index contributed by atoms with van der Waals surface area (Å²) in [6.45, 7) is 5.70. The Labute approximate surface area is 99.4 Å². The first-order chi connectivity index (χ1) is 7.39. The van der Waals surface area contributed by atoms with Gasteiger partial charge in [-0.05, 0) is 39.0 Å². The summed E-state index contributed by atoms with van der Waals surface area (Å²) in [5, 5.41) is 0. The predicted molar refractivity (Wildman–Crippen MR) is 65.0 cm³/mol. The van der Waals surface area contributed by atoms with Gasteiger partial charge >= 0.3 is 0 Å². The summed E-state index contributed by atoms with van der Waals surface area (Å²) in [5.41, 5.74) is 6.19. The first-order valence-corrected chi connectivity index (χ1v) is 6.02. The van der Waals surface area contributed by atoms with Crippen molar-refractivity contribution >= 4 is 17.5 Å². The van der Waals surface area contributed by atoms with Gasteiger partial charge in [-0.15, -0.1) is 0 Å². The fourth-order valence-corrected chi connectivity index (χ4v) is 2.64. The monoisotopic (exact) mass is 237 g/mol. The molecule has 4 heteroatoms. The van der Waals surface area contributed by atoms with Crippen LogP contribution in [0.15, 0.2) is 23.1 Å². The van der Waals surface area contributed by atoms with Crippen LogP contribution >= 0.6 is 11.8 Å². The third kappa shape index (κ3) is 2.08. The minimum Gasteiger partial charge on any atom is -0.476 e. The fraction of sp³-hybridized carbons (Fsp3) is 0.417. The summed E-state index contributed by atoms with van der Waals surface area (Å²) in [7, 11) is 0. The molecule has 2 rings (SSSR count). The van der Waals surface area contributed by atoms with E-state index in [1.54, 1.807) is 24.8 Å². The smallest absolute Gasteiger partial charge is 0.179 e. The van der Waals surface area contributed by atoms with Crippen LogP contribution in [0, 0.1) is 0 Å². The first kappa shape index (κ1) is 11.5. The molecule has 0 amide bonds. The van der Waals surface area contributed by atoms with Crippen molar-refractivity contribution in [3.8, 4) is 5.75 Å². The molecular weight excluding hydrogens is 222 g/mol. The van der Waals surface area contributed by atoms with Gasteiger partial charge in [-0.3, -0.25) is 4.79 Å². The molecule has 16 heavy (non-hydrogen) atoms. The van der Waals surface area contributed by atoms with Gasteiger partial charge in [0.1, 0.15) is 5.75 Å². The summed E-state index contributed by atoms with van der Waals surface area (Å²) >= 11 is 1.66. The van der Waals surface area contributed by atoms with Crippen LogP contribution in [0.25, 0.3) is 0 Å². The average molecular weight is 237 g/mol. The Morgan fingerprint density at radius 3 is 2.81 bits per heavy atom. The SMILES string of the molecule is CC(N)C(=O)c1ccc2c(c1)OC(C)(C)S2. The van der Waals surface area contributed by atoms with E-state index < -0.39 is 6.04 Å². The third-order valence-corrected chi connectivity index (χ3v) is 3.49. The Kier molecular flexibility index (Phi) is 2.72. The highest BCUT2D eigenvalue weighted by Gasteiger charge is 2.31. The summed E-state index contributed by atoms with van der Waals surface area (Å²) < 4.78 is 5.73. The van der Waals surface area contributed by atoms with E-state index in [0.717, 1.165) is 10.6 Å². The first-order valence-electron chi connectivity index (χ1n) is 5.21. The molecule has 0 aliphatic carbocycles. The van der Waals surface area contributed by atoms with E-state index in [1.807, 2.05) is 26.0 Å². The summed E-state index contributed by atoms with van der Waals surface area (Å²) in [4.78, 5) is 12.5. The number of fused-ring (bicyclic) bond motifs is 1. The number of ketones is 1. The number of ether oxygens (including phenoxy) is 1. The van der Waals surface area contributed by atoms with Crippen LogP contribution in [0.1, 0.15) is 31.1 Å². The van der Waals surface area contributed by atoms with Gasteiger partial charge in [0.25, 0.3) is 0 Å². The quantitative estimate of drug-likeness (QED) is 0.803. The van der Waals surface area contributed by atoms with Gasteiger partial charge < -0.3 is 10.5 Å². The molecular formula is C12H15NO2S. The molecule has 2 N–H and O–H groups in total. The lowest BCUT2D eigenvalue weighted by molar-refractivity contribution is 0.0967. The molecule has 3 nitrogen and oxygen atoms in total. The number of hydrogen-bond donors (Lipinski definition) is 1. The molecule has 0 saturated carbocycles. The number of hydrogen-bond acceptors (Lipinski definition) is 4. The van der Waals surface area contributed by atoms with E-state index in [-0.39, 0.29) is 10.7 Å². The Bertz CT molecular complexity index is 441. The zero-order valence-electron chi connectivity index (χ0n) is 9.61. The van der Waals surface area contributed by atoms with Crippen LogP contribution < -0.4 is 10.5 Å². The Hall–Kier alpha value is -1.000. The second-order valence-corrected chi connectivity index (χ2v) is 6.05. The number of thioether (sulfide) groups is 1. The Balaban J connectivity index is 2.33. The number of carbonyl (C=O) groups excluding carboxylic acids is 1. The largest absolute Gasteiger partial charge is 0.476 e. The predicted octanol–water partition coefficient (Wildman–Crippen LogP) is 2.44. The van der Waals surface area contributed by atoms with Crippen LogP contribution in [0.5, 0.6) is 5.75 Å². The molecule has 1 aliphatic rings. The molecule has 0 saturated heterocycles. The van der Waals surface area contributed by atoms with Gasteiger partial charge in [-0.2, -0.15) is 0 Å². The number of benzene rings is 1. The molecule has 0 bridgehead atoms. The van der Waals surface area contributed by atoms with Gasteiger partial charge in [0, 0.05) is 5.56 Å². The minimum absolute atomic E-state index is 0.0545. The number of rotatable bonds is 2. The lowest BCUT2D eigenvalue weighted by Crippen LogP contribution is -2.26. The van der Waals surface area contributed by atoms with E-state index in [2.05, 4.69) is 0 Å². The van der Waals surface area contributed by atoms with Gasteiger partial charge in [-0.25, -0.2) is 0 Å². The van der Waals surface area contributed by atoms with Crippen molar-refractivity contribution in [1.82, 2.24) is 0 Å². The molecule has 0 fully saturated rings. The van der Waals surface area contributed by atoms with Gasteiger partial charge in [0.2, 0.25) is 0 Å². The van der Waals surface area contributed by atoms with Crippen LogP contribution in [-0.2, 0) is 0 Å². The molecule has 0 radical (unpaired) electrons. The maximum Gasteiger partial charge on any atom is 0.179 e. The normalized spacial score (nSPS) is 18.8. The maximum absolute atomic E-state index is 11.7. The van der Waals surface area contributed by atoms with Crippen molar-refractivity contribution in [2.24, 2.45) is 5.73 Å². The number of carbonyl (C=O) groups is 1. The zero-order chi connectivity index (χ0) is 11.9. The third-order valence-electron chi connectivity index (χ3n) is 2.35. The molecule has 1 aliphatic heterocycles. The Morgan fingerprint density at radius 2 is 2.19 bits per heavy atom. The molecule has 0 aromatic heterocycles. The standard InChI is InChI=1S/C12H15NO2S/c1-7(13)11(14)8-4-5-10-9(6-8)15-12(2,3)16-10/h4-7H,13H2,1-3H3. The van der Waals surface area contributed by atoms with Crippen LogP contribution in [-0.4, -0.2) is 16.8 Å². The number of Topliss-reactive ketones (excluding diaryl/α,β-unsaturated/α-hetero) is 1. The second kappa shape index (κ2) is 3.79. The van der Waals surface area contributed by atoms with Gasteiger partial charge in [0.15, 0.2) is 10.7 Å². The van der Waals surface area contributed by atoms with Crippen molar-refractivity contribution in [2.75, 3.05) is 0 Å². The molecule has 1 aromatic rings. The van der Waals surface area contributed by atoms with Crippen molar-refractivity contribution in [3.05, 3.63) is 23.8 Å². The van der Waals surface area contributed by atoms with Crippen molar-refractivity contribution in [2.45, 2.75) is 36.6 Å². The van der Waals surface area contributed by atoms with Crippen molar-refractivity contribution in [3.63, 3.8) is 0 Å². The fourth-order valence-electron chi connectivity index (χ4n) is 1.64. The summed E-state index contributed by atoms with van der Waals surface area (Å²) in [6, 6.07) is 5.04. The summed E-state index contributed by atoms with van der Waals surface area (Å²) in [6.07, 6.45) is 0. The van der Waals surface area contributed by atoms with Crippen LogP contribution in [0.4, 0.5) is 0 Å².